The van der Waals surface area contributed by atoms with E-state index in [1.807, 2.05) is 32.6 Å². The van der Waals surface area contributed by atoms with Gasteiger partial charge < -0.3 is 9.90 Å². The number of aldehydes is 1. The van der Waals surface area contributed by atoms with Crippen LogP contribution in [0.15, 0.2) is 0 Å². The molecule has 0 heterocycles. The van der Waals surface area contributed by atoms with E-state index < -0.39 is 5.54 Å². The maximum absolute atomic E-state index is 11.1. The van der Waals surface area contributed by atoms with Crippen LogP contribution in [0.25, 0.3) is 0 Å². The normalized spacial score (nSPS) is 16.2. The highest BCUT2D eigenvalue weighted by molar-refractivity contribution is 5.65. The van der Waals surface area contributed by atoms with Crippen LogP contribution in [0.5, 0.6) is 0 Å². The second-order valence-corrected chi connectivity index (χ2v) is 3.59. The maximum Gasteiger partial charge on any atom is 0.142 e. The van der Waals surface area contributed by atoms with Gasteiger partial charge in [0, 0.05) is 0 Å². The van der Waals surface area contributed by atoms with Gasteiger partial charge in [0.25, 0.3) is 0 Å². The first-order chi connectivity index (χ1) is 6.08. The van der Waals surface area contributed by atoms with Gasteiger partial charge in [0.1, 0.15) is 11.8 Å². The van der Waals surface area contributed by atoms with Crippen molar-refractivity contribution >= 4 is 6.29 Å². The van der Waals surface area contributed by atoms with E-state index in [4.69, 9.17) is 0 Å². The molecule has 1 atom stereocenters. The Morgan fingerprint density at radius 1 is 1.38 bits per heavy atom. The lowest BCUT2D eigenvalue weighted by Crippen LogP contribution is -2.56. The van der Waals surface area contributed by atoms with E-state index in [1.54, 1.807) is 0 Å². The number of carbonyl (C=O) groups is 1. The summed E-state index contributed by atoms with van der Waals surface area (Å²) >= 11 is 0. The Labute approximate surface area is 80.7 Å². The molecule has 0 aromatic heterocycles. The van der Waals surface area contributed by atoms with Gasteiger partial charge in [-0.3, -0.25) is 4.90 Å². The Bertz CT molecular complexity index is 155. The van der Waals surface area contributed by atoms with Gasteiger partial charge in [-0.1, -0.05) is 27.7 Å². The summed E-state index contributed by atoms with van der Waals surface area (Å²) in [6, 6.07) is 0. The van der Waals surface area contributed by atoms with Gasteiger partial charge in [-0.05, 0) is 19.0 Å². The third kappa shape index (κ3) is 2.29. The summed E-state index contributed by atoms with van der Waals surface area (Å²) in [5.41, 5.74) is -0.691. The molecule has 0 bridgehead atoms. The van der Waals surface area contributed by atoms with Crippen LogP contribution < -0.4 is 0 Å². The van der Waals surface area contributed by atoms with E-state index in [2.05, 4.69) is 0 Å². The predicted molar refractivity (Wildman–Crippen MR) is 53.6 cm³/mol. The molecule has 0 aliphatic rings. The summed E-state index contributed by atoms with van der Waals surface area (Å²) in [6.45, 7) is 9.39. The standard InChI is InChI=1S/C10H21NO2/c1-5-11(6-2)10(7-12,8-13)9(3)4/h7,9,13H,5-6,8H2,1-4H3. The third-order valence-corrected chi connectivity index (χ3v) is 2.81. The molecule has 0 saturated carbocycles. The summed E-state index contributed by atoms with van der Waals surface area (Å²) in [5, 5.41) is 9.31. The first kappa shape index (κ1) is 12.6. The van der Waals surface area contributed by atoms with Crippen LogP contribution in [0.3, 0.4) is 0 Å². The quantitative estimate of drug-likeness (QED) is 0.628. The molecule has 0 fully saturated rings. The minimum Gasteiger partial charge on any atom is -0.394 e. The monoisotopic (exact) mass is 187 g/mol. The number of hydrogen-bond acceptors (Lipinski definition) is 3. The Kier molecular flexibility index (Phi) is 5.18. The second-order valence-electron chi connectivity index (χ2n) is 3.59. The first-order valence-corrected chi connectivity index (χ1v) is 4.91. The van der Waals surface area contributed by atoms with Gasteiger partial charge in [0.2, 0.25) is 0 Å². The van der Waals surface area contributed by atoms with E-state index in [1.165, 1.54) is 0 Å². The summed E-state index contributed by atoms with van der Waals surface area (Å²) in [4.78, 5) is 13.1. The van der Waals surface area contributed by atoms with Crippen molar-refractivity contribution in [1.29, 1.82) is 0 Å². The third-order valence-electron chi connectivity index (χ3n) is 2.81. The van der Waals surface area contributed by atoms with E-state index in [9.17, 15) is 9.90 Å². The van der Waals surface area contributed by atoms with Crippen LogP contribution in [-0.4, -0.2) is 41.5 Å². The van der Waals surface area contributed by atoms with Gasteiger partial charge in [-0.25, -0.2) is 0 Å². The highest BCUT2D eigenvalue weighted by Crippen LogP contribution is 2.22. The van der Waals surface area contributed by atoms with Crippen molar-refractivity contribution in [2.24, 2.45) is 5.92 Å². The Hall–Kier alpha value is -0.410. The van der Waals surface area contributed by atoms with Crippen LogP contribution >= 0.6 is 0 Å². The molecule has 0 radical (unpaired) electrons. The van der Waals surface area contributed by atoms with Gasteiger partial charge in [0.15, 0.2) is 0 Å². The average Bonchev–Trinajstić information content (AvgIpc) is 2.13. The Morgan fingerprint density at radius 3 is 1.92 bits per heavy atom. The molecule has 13 heavy (non-hydrogen) atoms. The lowest BCUT2D eigenvalue weighted by atomic mass is 9.86. The number of hydrogen-bond donors (Lipinski definition) is 1. The smallest absolute Gasteiger partial charge is 0.142 e. The molecule has 78 valence electrons. The molecule has 0 aromatic carbocycles. The molecule has 0 aliphatic carbocycles. The van der Waals surface area contributed by atoms with E-state index in [-0.39, 0.29) is 12.5 Å². The summed E-state index contributed by atoms with van der Waals surface area (Å²) in [7, 11) is 0. The van der Waals surface area contributed by atoms with Crippen LogP contribution in [-0.2, 0) is 4.79 Å². The van der Waals surface area contributed by atoms with Crippen LogP contribution in [0.4, 0.5) is 0 Å². The number of likely N-dealkylation sites (N-methyl/N-ethyl adjacent to an activating group) is 1. The molecule has 0 amide bonds. The Balaban J connectivity index is 4.82. The minimum absolute atomic E-state index is 0.101. The minimum atomic E-state index is -0.691. The highest BCUT2D eigenvalue weighted by atomic mass is 16.3. The second kappa shape index (κ2) is 5.35. The molecule has 3 heteroatoms. The lowest BCUT2D eigenvalue weighted by Gasteiger charge is -2.40. The SMILES string of the molecule is CCN(CC)C(C=O)(CO)C(C)C. The first-order valence-electron chi connectivity index (χ1n) is 4.91. The molecular formula is C10H21NO2. The molecule has 1 N–H and O–H groups in total. The average molecular weight is 187 g/mol. The van der Waals surface area contributed by atoms with Crippen molar-refractivity contribution in [2.75, 3.05) is 19.7 Å². The molecule has 0 spiro atoms. The zero-order valence-electron chi connectivity index (χ0n) is 9.08. The number of aliphatic hydroxyl groups excluding tert-OH is 1. The molecule has 0 rings (SSSR count). The van der Waals surface area contributed by atoms with Crippen molar-refractivity contribution in [3.63, 3.8) is 0 Å². The van der Waals surface area contributed by atoms with Crippen LogP contribution in [0, 0.1) is 5.92 Å². The van der Waals surface area contributed by atoms with Crippen molar-refractivity contribution in [3.8, 4) is 0 Å². The number of carbonyl (C=O) groups excluding carboxylic acids is 1. The number of aliphatic hydroxyl groups is 1. The molecule has 3 nitrogen and oxygen atoms in total. The van der Waals surface area contributed by atoms with Crippen molar-refractivity contribution in [3.05, 3.63) is 0 Å². The van der Waals surface area contributed by atoms with Gasteiger partial charge in [-0.15, -0.1) is 0 Å². The molecular weight excluding hydrogens is 166 g/mol. The van der Waals surface area contributed by atoms with Gasteiger partial charge in [-0.2, -0.15) is 0 Å². The number of nitrogens with zero attached hydrogens (tertiary/aromatic N) is 1. The lowest BCUT2D eigenvalue weighted by molar-refractivity contribution is -0.124. The summed E-state index contributed by atoms with van der Waals surface area (Å²) < 4.78 is 0. The molecule has 0 aromatic rings. The van der Waals surface area contributed by atoms with Crippen LogP contribution in [0.1, 0.15) is 27.7 Å². The van der Waals surface area contributed by atoms with E-state index in [0.29, 0.717) is 0 Å². The van der Waals surface area contributed by atoms with Crippen LogP contribution in [0.2, 0.25) is 0 Å². The van der Waals surface area contributed by atoms with E-state index >= 15 is 0 Å². The largest absolute Gasteiger partial charge is 0.394 e. The fourth-order valence-corrected chi connectivity index (χ4v) is 1.71. The number of rotatable bonds is 6. The van der Waals surface area contributed by atoms with Crippen molar-refractivity contribution in [2.45, 2.75) is 33.2 Å². The zero-order valence-corrected chi connectivity index (χ0v) is 9.08. The molecule has 0 saturated heterocycles. The fraction of sp³-hybridized carbons (Fsp3) is 0.900. The van der Waals surface area contributed by atoms with E-state index in [0.717, 1.165) is 19.4 Å². The van der Waals surface area contributed by atoms with Gasteiger partial charge in [0.05, 0.1) is 6.61 Å². The predicted octanol–water partition coefficient (Wildman–Crippen LogP) is 0.914. The summed E-state index contributed by atoms with van der Waals surface area (Å²) in [6.07, 6.45) is 0.880. The Morgan fingerprint density at radius 2 is 1.85 bits per heavy atom. The van der Waals surface area contributed by atoms with Gasteiger partial charge >= 0.3 is 0 Å². The maximum atomic E-state index is 11.1. The zero-order chi connectivity index (χ0) is 10.5. The van der Waals surface area contributed by atoms with Crippen molar-refractivity contribution < 1.29 is 9.90 Å². The summed E-state index contributed by atoms with van der Waals surface area (Å²) in [5.74, 6) is 0.134. The topological polar surface area (TPSA) is 40.5 Å². The molecule has 0 aliphatic heterocycles. The van der Waals surface area contributed by atoms with Crippen molar-refractivity contribution in [1.82, 2.24) is 4.90 Å². The fourth-order valence-electron chi connectivity index (χ4n) is 1.71. The molecule has 1 unspecified atom stereocenters. The highest BCUT2D eigenvalue weighted by Gasteiger charge is 2.37.